The lowest BCUT2D eigenvalue weighted by Gasteiger charge is -2.49. The normalized spacial score (nSPS) is 42.6. The highest BCUT2D eigenvalue weighted by Crippen LogP contribution is 2.65. The van der Waals surface area contributed by atoms with Crippen molar-refractivity contribution in [1.29, 1.82) is 0 Å². The van der Waals surface area contributed by atoms with E-state index in [2.05, 4.69) is 43.7 Å². The molecule has 0 radical (unpaired) electrons. The Morgan fingerprint density at radius 3 is 2.88 bits per heavy atom. The van der Waals surface area contributed by atoms with Crippen LogP contribution in [0.3, 0.4) is 0 Å². The highest BCUT2D eigenvalue weighted by Gasteiger charge is 2.62. The molecule has 1 amide bonds. The number of aliphatic hydroxyl groups excluding tert-OH is 1. The number of hydrogen-bond acceptors (Lipinski definition) is 6. The van der Waals surface area contributed by atoms with Gasteiger partial charge in [0.2, 0.25) is 5.91 Å². The summed E-state index contributed by atoms with van der Waals surface area (Å²) in [6.45, 7) is 10.4. The van der Waals surface area contributed by atoms with Crippen molar-refractivity contribution in [1.82, 2.24) is 9.88 Å². The first-order valence-corrected chi connectivity index (χ1v) is 18.8. The van der Waals surface area contributed by atoms with Gasteiger partial charge in [-0.3, -0.25) is 4.79 Å². The van der Waals surface area contributed by atoms with Gasteiger partial charge in [0.05, 0.1) is 23.9 Å². The van der Waals surface area contributed by atoms with Crippen LogP contribution in [0.5, 0.6) is 0 Å². The third-order valence-electron chi connectivity index (χ3n) is 12.5. The molecule has 0 unspecified atom stereocenters. The highest BCUT2D eigenvalue weighted by atomic mass is 33.1. The molecular formula is C35H48N2O3S2. The number of aromatic nitrogens is 1. The number of allylic oxidation sites excluding steroid dienone is 2. The summed E-state index contributed by atoms with van der Waals surface area (Å²) in [6.07, 6.45) is 13.5. The van der Waals surface area contributed by atoms with Crippen LogP contribution in [0.4, 0.5) is 0 Å². The van der Waals surface area contributed by atoms with Gasteiger partial charge in [0.15, 0.2) is 0 Å². The van der Waals surface area contributed by atoms with Crippen molar-refractivity contribution in [2.24, 2.45) is 35.0 Å². The SMILES string of the molecule is CC1=C2C[C@H]3[C@@H](CC=C4C[C@@H](O)CC[C@@]43C)[C@@H]2CC[C@]12O[C@@H]1C[C@H](C)CN(C(=O)CCSSc3ccccn3)[C@H]1[C@H]2C. The van der Waals surface area contributed by atoms with Crippen LogP contribution in [0.15, 0.2) is 52.2 Å². The van der Waals surface area contributed by atoms with Crippen LogP contribution in [0.2, 0.25) is 0 Å². The second-order valence-corrected chi connectivity index (χ2v) is 17.0. The maximum atomic E-state index is 13.7. The molecule has 228 valence electrons. The van der Waals surface area contributed by atoms with Crippen LogP contribution >= 0.6 is 21.6 Å². The molecule has 7 heteroatoms. The van der Waals surface area contributed by atoms with Crippen LogP contribution < -0.4 is 0 Å². The number of amides is 1. The van der Waals surface area contributed by atoms with Gasteiger partial charge in [-0.25, -0.2) is 4.98 Å². The number of likely N-dealkylation sites (tertiary alicyclic amines) is 1. The van der Waals surface area contributed by atoms with Gasteiger partial charge in [0.1, 0.15) is 5.03 Å². The molecule has 1 spiro atoms. The first kappa shape index (κ1) is 29.4. The topological polar surface area (TPSA) is 62.7 Å². The fourth-order valence-corrected chi connectivity index (χ4v) is 12.2. The van der Waals surface area contributed by atoms with Gasteiger partial charge in [-0.1, -0.05) is 54.9 Å². The van der Waals surface area contributed by atoms with E-state index in [0.717, 1.165) is 55.3 Å². The molecule has 1 aromatic rings. The Hall–Kier alpha value is -1.28. The van der Waals surface area contributed by atoms with Crippen LogP contribution in [-0.2, 0) is 9.53 Å². The second-order valence-electron chi connectivity index (χ2n) is 14.6. The van der Waals surface area contributed by atoms with Crippen LogP contribution in [0, 0.1) is 35.0 Å². The summed E-state index contributed by atoms with van der Waals surface area (Å²) >= 11 is 0. The predicted octanol–water partition coefficient (Wildman–Crippen LogP) is 7.47. The minimum absolute atomic E-state index is 0.129. The van der Waals surface area contributed by atoms with E-state index in [9.17, 15) is 9.90 Å². The lowest BCUT2D eigenvalue weighted by molar-refractivity contribution is -0.139. The standard InChI is InChI=1S/C35H48N2O3S2/c1-21-17-30-33(37(20-21)32(39)12-16-41-42-31-7-5-6-15-36-31)23(3)35(40-30)14-11-26-27-9-8-24-18-25(38)10-13-34(24,4)29(27)19-28(26)22(35)2/h5-8,15,21,23,25-27,29-30,33,38H,9-14,16-20H2,1-4H3/t21-,23+,25-,26-,27-,29-,30+,33-,34-,35-/m0/s1. The Morgan fingerprint density at radius 2 is 2.07 bits per heavy atom. The highest BCUT2D eigenvalue weighted by molar-refractivity contribution is 8.76. The van der Waals surface area contributed by atoms with Gasteiger partial charge < -0.3 is 14.7 Å². The van der Waals surface area contributed by atoms with Crippen molar-refractivity contribution in [3.63, 3.8) is 0 Å². The number of carbonyl (C=O) groups excluding carboxylic acids is 1. The maximum absolute atomic E-state index is 13.7. The van der Waals surface area contributed by atoms with Crippen molar-refractivity contribution in [2.75, 3.05) is 12.3 Å². The first-order chi connectivity index (χ1) is 20.2. The van der Waals surface area contributed by atoms with Crippen molar-refractivity contribution in [2.45, 2.75) is 114 Å². The Balaban J connectivity index is 1.09. The van der Waals surface area contributed by atoms with Gasteiger partial charge in [0.25, 0.3) is 0 Å². The van der Waals surface area contributed by atoms with Crippen molar-refractivity contribution in [3.8, 4) is 0 Å². The van der Waals surface area contributed by atoms with Crippen molar-refractivity contribution < 1.29 is 14.6 Å². The summed E-state index contributed by atoms with van der Waals surface area (Å²) in [5, 5.41) is 11.4. The van der Waals surface area contributed by atoms with Crippen LogP contribution in [0.25, 0.3) is 0 Å². The largest absolute Gasteiger partial charge is 0.393 e. The number of nitrogens with zero attached hydrogens (tertiary/aromatic N) is 2. The average molecular weight is 609 g/mol. The molecule has 7 rings (SSSR count). The number of fused-ring (bicyclic) bond motifs is 6. The van der Waals surface area contributed by atoms with E-state index in [1.54, 1.807) is 27.2 Å². The van der Waals surface area contributed by atoms with Crippen molar-refractivity contribution in [3.05, 3.63) is 47.2 Å². The van der Waals surface area contributed by atoms with E-state index in [1.807, 2.05) is 24.4 Å². The molecule has 2 aliphatic heterocycles. The molecule has 42 heavy (non-hydrogen) atoms. The first-order valence-electron chi connectivity index (χ1n) is 16.5. The molecule has 10 atom stereocenters. The Bertz CT molecular complexity index is 1270. The Kier molecular flexibility index (Phi) is 7.89. The third-order valence-corrected chi connectivity index (χ3v) is 14.8. The minimum atomic E-state index is -0.235. The molecule has 1 N–H and O–H groups in total. The van der Waals surface area contributed by atoms with E-state index >= 15 is 0 Å². The summed E-state index contributed by atoms with van der Waals surface area (Å²) < 4.78 is 7.24. The molecule has 1 aromatic heterocycles. The lowest BCUT2D eigenvalue weighted by Crippen LogP contribution is -2.54. The van der Waals surface area contributed by atoms with Gasteiger partial charge in [-0.2, -0.15) is 0 Å². The number of hydrogen-bond donors (Lipinski definition) is 1. The van der Waals surface area contributed by atoms with E-state index in [0.29, 0.717) is 30.1 Å². The number of piperidine rings is 1. The van der Waals surface area contributed by atoms with E-state index in [4.69, 9.17) is 4.74 Å². The molecule has 4 fully saturated rings. The molecule has 5 nitrogen and oxygen atoms in total. The Labute approximate surface area is 260 Å². The van der Waals surface area contributed by atoms with Crippen LogP contribution in [-0.4, -0.2) is 57.0 Å². The molecule has 6 aliphatic rings. The quantitative estimate of drug-likeness (QED) is 0.213. The van der Waals surface area contributed by atoms with Gasteiger partial charge in [-0.15, -0.1) is 0 Å². The predicted molar refractivity (Wildman–Crippen MR) is 171 cm³/mol. The van der Waals surface area contributed by atoms with Gasteiger partial charge >= 0.3 is 0 Å². The van der Waals surface area contributed by atoms with Crippen LogP contribution in [0.1, 0.15) is 85.5 Å². The maximum Gasteiger partial charge on any atom is 0.223 e. The molecule has 0 bridgehead atoms. The van der Waals surface area contributed by atoms with E-state index < -0.39 is 0 Å². The molecule has 3 heterocycles. The molecule has 4 aliphatic carbocycles. The number of rotatable bonds is 5. The zero-order chi connectivity index (χ0) is 29.2. The fraction of sp³-hybridized carbons (Fsp3) is 0.714. The van der Waals surface area contributed by atoms with E-state index in [1.165, 1.54) is 30.4 Å². The van der Waals surface area contributed by atoms with Gasteiger partial charge in [0, 0.05) is 30.8 Å². The summed E-state index contributed by atoms with van der Waals surface area (Å²) in [4.78, 5) is 20.4. The van der Waals surface area contributed by atoms with Crippen molar-refractivity contribution >= 4 is 27.5 Å². The minimum Gasteiger partial charge on any atom is -0.393 e. The summed E-state index contributed by atoms with van der Waals surface area (Å²) in [7, 11) is 3.38. The zero-order valence-electron chi connectivity index (χ0n) is 25.8. The molecule has 2 saturated carbocycles. The Morgan fingerprint density at radius 1 is 1.21 bits per heavy atom. The summed E-state index contributed by atoms with van der Waals surface area (Å²) in [5.74, 6) is 3.93. The molecule has 2 saturated heterocycles. The zero-order valence-corrected chi connectivity index (χ0v) is 27.4. The number of carbonyl (C=O) groups is 1. The van der Waals surface area contributed by atoms with E-state index in [-0.39, 0.29) is 35.2 Å². The smallest absolute Gasteiger partial charge is 0.223 e. The lowest BCUT2D eigenvalue weighted by atomic mass is 9.56. The fourth-order valence-electron chi connectivity index (χ4n) is 10.4. The summed E-state index contributed by atoms with van der Waals surface area (Å²) in [5.41, 5.74) is 4.74. The number of pyridine rings is 1. The summed E-state index contributed by atoms with van der Waals surface area (Å²) in [6, 6.07) is 6.13. The number of aliphatic hydroxyl groups is 1. The second kappa shape index (κ2) is 11.3. The average Bonchev–Trinajstić information content (AvgIpc) is 3.50. The monoisotopic (exact) mass is 608 g/mol. The third kappa shape index (κ3) is 4.75. The number of ether oxygens (including phenoxy) is 1. The molecule has 0 aromatic carbocycles. The van der Waals surface area contributed by atoms with Gasteiger partial charge in [-0.05, 0) is 116 Å². The molecular weight excluding hydrogens is 561 g/mol.